The molecule has 1 fully saturated rings. The maximum absolute atomic E-state index is 12.3. The van der Waals surface area contributed by atoms with E-state index in [-0.39, 0.29) is 12.0 Å². The Kier molecular flexibility index (Phi) is 4.06. The number of ether oxygens (including phenoxy) is 1. The molecule has 0 saturated carbocycles. The number of amides is 1. The predicted molar refractivity (Wildman–Crippen MR) is 84.4 cm³/mol. The highest BCUT2D eigenvalue weighted by Gasteiger charge is 2.20. The summed E-state index contributed by atoms with van der Waals surface area (Å²) in [6.45, 7) is 4.30. The zero-order valence-corrected chi connectivity index (χ0v) is 12.2. The summed E-state index contributed by atoms with van der Waals surface area (Å²) < 4.78 is 5.46. The molecule has 2 aromatic rings. The normalized spacial score (nSPS) is 18.7. The summed E-state index contributed by atoms with van der Waals surface area (Å²) in [4.78, 5) is 14.1. The van der Waals surface area contributed by atoms with Gasteiger partial charge in [-0.3, -0.25) is 4.79 Å². The molecule has 1 amide bonds. The minimum Gasteiger partial charge on any atom is -0.376 e. The first-order chi connectivity index (χ1) is 10.2. The molecule has 110 valence electrons. The quantitative estimate of drug-likeness (QED) is 0.941. The summed E-state index contributed by atoms with van der Waals surface area (Å²) >= 11 is 0. The van der Waals surface area contributed by atoms with Crippen molar-refractivity contribution < 1.29 is 9.53 Å². The topological polar surface area (TPSA) is 41.6 Å². The van der Waals surface area contributed by atoms with Crippen LogP contribution in [0.4, 0.5) is 5.69 Å². The van der Waals surface area contributed by atoms with Crippen LogP contribution in [0.25, 0.3) is 10.8 Å². The zero-order valence-electron chi connectivity index (χ0n) is 12.2. The lowest BCUT2D eigenvalue weighted by atomic mass is 10.1. The number of carbonyl (C=O) groups excluding carboxylic acids is 1. The highest BCUT2D eigenvalue weighted by molar-refractivity contribution is 5.95. The molecule has 1 atom stereocenters. The molecule has 21 heavy (non-hydrogen) atoms. The Balaban J connectivity index is 1.67. The summed E-state index contributed by atoms with van der Waals surface area (Å²) in [5.41, 5.74) is 1.00. The third-order valence-electron chi connectivity index (χ3n) is 3.81. The van der Waals surface area contributed by atoms with E-state index in [1.54, 1.807) is 0 Å². The van der Waals surface area contributed by atoms with E-state index < -0.39 is 0 Å². The second-order valence-electron chi connectivity index (χ2n) is 5.40. The standard InChI is InChI=1S/C17H20N2O2/c1-13-12-19(9-10-21-13)17(20)11-18-16-8-4-6-14-5-2-3-7-15(14)16/h2-8,13,18H,9-12H2,1H3/t13-/m1/s1. The average Bonchev–Trinajstić information content (AvgIpc) is 2.52. The molecule has 3 rings (SSSR count). The van der Waals surface area contributed by atoms with Crippen molar-refractivity contribution in [1.29, 1.82) is 0 Å². The van der Waals surface area contributed by atoms with Crippen molar-refractivity contribution in [3.63, 3.8) is 0 Å². The van der Waals surface area contributed by atoms with Gasteiger partial charge in [0.2, 0.25) is 5.91 Å². The van der Waals surface area contributed by atoms with Crippen molar-refractivity contribution in [3.05, 3.63) is 42.5 Å². The van der Waals surface area contributed by atoms with Gasteiger partial charge < -0.3 is 15.0 Å². The summed E-state index contributed by atoms with van der Waals surface area (Å²) in [5.74, 6) is 0.123. The predicted octanol–water partition coefficient (Wildman–Crippen LogP) is 2.50. The van der Waals surface area contributed by atoms with Crippen LogP contribution < -0.4 is 5.32 Å². The van der Waals surface area contributed by atoms with E-state index in [9.17, 15) is 4.79 Å². The number of anilines is 1. The van der Waals surface area contributed by atoms with Gasteiger partial charge in [-0.05, 0) is 18.4 Å². The first-order valence-corrected chi connectivity index (χ1v) is 7.35. The van der Waals surface area contributed by atoms with E-state index in [2.05, 4.69) is 23.5 Å². The molecule has 1 aliphatic heterocycles. The molecular formula is C17H20N2O2. The van der Waals surface area contributed by atoms with E-state index in [1.807, 2.05) is 36.1 Å². The van der Waals surface area contributed by atoms with Crippen LogP contribution in [0.1, 0.15) is 6.92 Å². The summed E-state index contributed by atoms with van der Waals surface area (Å²) in [6.07, 6.45) is 0.125. The maximum Gasteiger partial charge on any atom is 0.242 e. The molecule has 0 unspecified atom stereocenters. The molecule has 0 spiro atoms. The van der Waals surface area contributed by atoms with Crippen LogP contribution in [-0.4, -0.2) is 43.2 Å². The lowest BCUT2D eigenvalue weighted by Crippen LogP contribution is -2.46. The van der Waals surface area contributed by atoms with Gasteiger partial charge in [0.05, 0.1) is 19.3 Å². The molecule has 1 N–H and O–H groups in total. The highest BCUT2D eigenvalue weighted by Crippen LogP contribution is 2.22. The molecule has 0 radical (unpaired) electrons. The summed E-state index contributed by atoms with van der Waals surface area (Å²) in [6, 6.07) is 14.3. The van der Waals surface area contributed by atoms with E-state index >= 15 is 0 Å². The lowest BCUT2D eigenvalue weighted by molar-refractivity contribution is -0.136. The number of hydrogen-bond donors (Lipinski definition) is 1. The number of hydrogen-bond acceptors (Lipinski definition) is 3. The Labute approximate surface area is 124 Å². The smallest absolute Gasteiger partial charge is 0.242 e. The Morgan fingerprint density at radius 1 is 1.29 bits per heavy atom. The van der Waals surface area contributed by atoms with E-state index in [0.29, 0.717) is 26.2 Å². The van der Waals surface area contributed by atoms with Gasteiger partial charge >= 0.3 is 0 Å². The van der Waals surface area contributed by atoms with Crippen molar-refractivity contribution in [2.24, 2.45) is 0 Å². The van der Waals surface area contributed by atoms with Crippen molar-refractivity contribution in [1.82, 2.24) is 4.90 Å². The van der Waals surface area contributed by atoms with Crippen LogP contribution in [0.15, 0.2) is 42.5 Å². The molecule has 2 aromatic carbocycles. The Hall–Kier alpha value is -2.07. The molecule has 0 aliphatic carbocycles. The van der Waals surface area contributed by atoms with Crippen LogP contribution >= 0.6 is 0 Å². The number of nitrogens with one attached hydrogen (secondary N) is 1. The Morgan fingerprint density at radius 3 is 2.95 bits per heavy atom. The number of benzene rings is 2. The van der Waals surface area contributed by atoms with Crippen LogP contribution in [0, 0.1) is 0 Å². The van der Waals surface area contributed by atoms with Crippen LogP contribution in [0.2, 0.25) is 0 Å². The first-order valence-electron chi connectivity index (χ1n) is 7.35. The number of rotatable bonds is 3. The van der Waals surface area contributed by atoms with Gasteiger partial charge in [0, 0.05) is 24.2 Å². The largest absolute Gasteiger partial charge is 0.376 e. The molecule has 1 heterocycles. The van der Waals surface area contributed by atoms with Gasteiger partial charge in [0.25, 0.3) is 0 Å². The van der Waals surface area contributed by atoms with E-state index in [0.717, 1.165) is 11.1 Å². The second kappa shape index (κ2) is 6.14. The minimum atomic E-state index is 0.123. The van der Waals surface area contributed by atoms with Crippen molar-refractivity contribution in [2.45, 2.75) is 13.0 Å². The van der Waals surface area contributed by atoms with Crippen LogP contribution in [-0.2, 0) is 9.53 Å². The SMILES string of the molecule is C[C@@H]1CN(C(=O)CNc2cccc3ccccc23)CCO1. The molecule has 4 heteroatoms. The average molecular weight is 284 g/mol. The lowest BCUT2D eigenvalue weighted by Gasteiger charge is -2.31. The maximum atomic E-state index is 12.3. The number of carbonyl (C=O) groups is 1. The molecule has 4 nitrogen and oxygen atoms in total. The van der Waals surface area contributed by atoms with Crippen molar-refractivity contribution in [2.75, 3.05) is 31.6 Å². The van der Waals surface area contributed by atoms with Gasteiger partial charge in [0.1, 0.15) is 0 Å². The van der Waals surface area contributed by atoms with Gasteiger partial charge in [-0.2, -0.15) is 0 Å². The number of fused-ring (bicyclic) bond motifs is 1. The van der Waals surface area contributed by atoms with Crippen LogP contribution in [0.5, 0.6) is 0 Å². The van der Waals surface area contributed by atoms with Crippen molar-refractivity contribution >= 4 is 22.4 Å². The van der Waals surface area contributed by atoms with Crippen LogP contribution in [0.3, 0.4) is 0 Å². The molecule has 0 bridgehead atoms. The monoisotopic (exact) mass is 284 g/mol. The van der Waals surface area contributed by atoms with Crippen molar-refractivity contribution in [3.8, 4) is 0 Å². The van der Waals surface area contributed by atoms with E-state index in [1.165, 1.54) is 5.39 Å². The molecule has 0 aromatic heterocycles. The summed E-state index contributed by atoms with van der Waals surface area (Å²) in [7, 11) is 0. The Bertz CT molecular complexity index is 636. The van der Waals surface area contributed by atoms with Gasteiger partial charge in [-0.15, -0.1) is 0 Å². The third kappa shape index (κ3) is 3.16. The fourth-order valence-corrected chi connectivity index (χ4v) is 2.71. The fourth-order valence-electron chi connectivity index (χ4n) is 2.71. The molecular weight excluding hydrogens is 264 g/mol. The minimum absolute atomic E-state index is 0.123. The third-order valence-corrected chi connectivity index (χ3v) is 3.81. The fraction of sp³-hybridized carbons (Fsp3) is 0.353. The van der Waals surface area contributed by atoms with E-state index in [4.69, 9.17) is 4.74 Å². The molecule has 1 saturated heterocycles. The second-order valence-corrected chi connectivity index (χ2v) is 5.40. The zero-order chi connectivity index (χ0) is 14.7. The first kappa shape index (κ1) is 13.9. The highest BCUT2D eigenvalue weighted by atomic mass is 16.5. The summed E-state index contributed by atoms with van der Waals surface area (Å²) in [5, 5.41) is 5.59. The number of nitrogens with zero attached hydrogens (tertiary/aromatic N) is 1. The molecule has 1 aliphatic rings. The van der Waals surface area contributed by atoms with Gasteiger partial charge in [-0.1, -0.05) is 36.4 Å². The van der Waals surface area contributed by atoms with Gasteiger partial charge in [-0.25, -0.2) is 0 Å². The Morgan fingerprint density at radius 2 is 2.10 bits per heavy atom. The van der Waals surface area contributed by atoms with Gasteiger partial charge in [0.15, 0.2) is 0 Å². The number of morpholine rings is 1.